The molecule has 3 saturated carbocycles. The van der Waals surface area contributed by atoms with Crippen LogP contribution in [0.15, 0.2) is 35.9 Å². The molecule has 1 aromatic carbocycles. The Morgan fingerprint density at radius 3 is 2.27 bits per heavy atom. The van der Waals surface area contributed by atoms with E-state index in [2.05, 4.69) is 0 Å². The third-order valence-corrected chi connectivity index (χ3v) is 12.1. The van der Waals surface area contributed by atoms with Crippen LogP contribution in [0.3, 0.4) is 0 Å². The minimum absolute atomic E-state index is 0.0121. The molecule has 5 rings (SSSR count). The molecule has 4 aliphatic rings. The number of aromatic carboxylic acids is 1. The Labute approximate surface area is 258 Å². The van der Waals surface area contributed by atoms with Gasteiger partial charge < -0.3 is 40.5 Å². The van der Waals surface area contributed by atoms with Crippen molar-refractivity contribution in [1.82, 2.24) is 0 Å². The van der Waals surface area contributed by atoms with E-state index in [0.29, 0.717) is 18.4 Å². The first-order chi connectivity index (χ1) is 20.2. The molecule has 0 aromatic heterocycles. The predicted molar refractivity (Wildman–Crippen MR) is 160 cm³/mol. The van der Waals surface area contributed by atoms with Crippen molar-refractivity contribution in [3.05, 3.63) is 41.5 Å². The van der Waals surface area contributed by atoms with Crippen LogP contribution >= 0.6 is 0 Å². The van der Waals surface area contributed by atoms with Gasteiger partial charge in [0.1, 0.15) is 16.9 Å². The molecule has 10 heteroatoms. The highest BCUT2D eigenvalue weighted by Crippen LogP contribution is 2.69. The third-order valence-electron chi connectivity index (χ3n) is 12.1. The van der Waals surface area contributed by atoms with Crippen LogP contribution in [-0.2, 0) is 4.79 Å². The molecule has 10 atom stereocenters. The standard InChI is InChI=1S/C34H48O10/c1-29(2,40)14-15-34(43,44-26-9-7-6-8-19(26)28(38)39)32(5,41)27-11-13-33(42)21-16-23(35)22-17-24(36)25(37)18-30(22,3)20(21)10-12-31(27,33)4/h6-9,16,20,22,24-25,27,36-37,40-43H,10-15,17-18H2,1-5H3,(H,38,39)/t20-,22+,24+,25-,27-,30+,31+,32+,33+,34-/m0/s1. The van der Waals surface area contributed by atoms with Gasteiger partial charge in [-0.15, -0.1) is 0 Å². The summed E-state index contributed by atoms with van der Waals surface area (Å²) in [6, 6.07) is 5.82. The molecule has 4 aliphatic carbocycles. The molecule has 7 N–H and O–H groups in total. The average Bonchev–Trinajstić information content (AvgIpc) is 3.21. The molecule has 0 unspecified atom stereocenters. The van der Waals surface area contributed by atoms with Crippen molar-refractivity contribution in [3.63, 3.8) is 0 Å². The summed E-state index contributed by atoms with van der Waals surface area (Å²) >= 11 is 0. The van der Waals surface area contributed by atoms with Gasteiger partial charge in [-0.05, 0) is 101 Å². The van der Waals surface area contributed by atoms with E-state index in [9.17, 15) is 45.3 Å². The Hall–Kier alpha value is -2.34. The number of aliphatic hydroxyl groups excluding tert-OH is 2. The van der Waals surface area contributed by atoms with Gasteiger partial charge in [-0.25, -0.2) is 4.79 Å². The lowest BCUT2D eigenvalue weighted by molar-refractivity contribution is -0.291. The van der Waals surface area contributed by atoms with Gasteiger partial charge in [0.15, 0.2) is 5.78 Å². The van der Waals surface area contributed by atoms with Crippen LogP contribution in [0, 0.1) is 28.6 Å². The van der Waals surface area contributed by atoms with Crippen molar-refractivity contribution in [2.75, 3.05) is 0 Å². The summed E-state index contributed by atoms with van der Waals surface area (Å²) in [5.74, 6) is -5.42. The minimum atomic E-state index is -2.37. The third kappa shape index (κ3) is 4.93. The minimum Gasteiger partial charge on any atom is -0.478 e. The quantitative estimate of drug-likeness (QED) is 0.214. The second-order valence-corrected chi connectivity index (χ2v) is 15.2. The topological polar surface area (TPSA) is 185 Å². The number of rotatable bonds is 8. The number of allylic oxidation sites excluding steroid dienone is 1. The number of carboxylic acid groups (broad SMARTS) is 1. The Morgan fingerprint density at radius 1 is 0.977 bits per heavy atom. The fourth-order valence-corrected chi connectivity index (χ4v) is 9.34. The lowest BCUT2D eigenvalue weighted by Crippen LogP contribution is -2.66. The highest BCUT2D eigenvalue weighted by molar-refractivity contribution is 5.95. The summed E-state index contributed by atoms with van der Waals surface area (Å²) in [6.07, 6.45) is 1.21. The number of hydrogen-bond donors (Lipinski definition) is 7. The highest BCUT2D eigenvalue weighted by Gasteiger charge is 2.71. The van der Waals surface area contributed by atoms with Crippen molar-refractivity contribution < 1.29 is 50.1 Å². The van der Waals surface area contributed by atoms with E-state index >= 15 is 0 Å². The normalized spacial score (nSPS) is 39.7. The monoisotopic (exact) mass is 616 g/mol. The van der Waals surface area contributed by atoms with Crippen LogP contribution in [-0.4, -0.2) is 82.3 Å². The van der Waals surface area contributed by atoms with E-state index in [-0.39, 0.29) is 61.5 Å². The average molecular weight is 617 g/mol. The molecule has 10 nitrogen and oxygen atoms in total. The summed E-state index contributed by atoms with van der Waals surface area (Å²) < 4.78 is 6.07. The van der Waals surface area contributed by atoms with Gasteiger partial charge in [-0.3, -0.25) is 4.79 Å². The van der Waals surface area contributed by atoms with Gasteiger partial charge in [-0.2, -0.15) is 0 Å². The number of ketones is 1. The van der Waals surface area contributed by atoms with Crippen LogP contribution in [0.25, 0.3) is 0 Å². The highest BCUT2D eigenvalue weighted by atomic mass is 16.6. The van der Waals surface area contributed by atoms with Crippen molar-refractivity contribution >= 4 is 11.8 Å². The first kappa shape index (κ1) is 33.0. The molecule has 0 saturated heterocycles. The Balaban J connectivity index is 1.55. The Bertz CT molecular complexity index is 1350. The number of aliphatic hydroxyl groups is 6. The molecule has 244 valence electrons. The lowest BCUT2D eigenvalue weighted by Gasteiger charge is -2.61. The zero-order valence-corrected chi connectivity index (χ0v) is 26.3. The predicted octanol–water partition coefficient (Wildman–Crippen LogP) is 2.96. The van der Waals surface area contributed by atoms with E-state index in [1.165, 1.54) is 31.2 Å². The van der Waals surface area contributed by atoms with E-state index in [1.54, 1.807) is 19.9 Å². The summed E-state index contributed by atoms with van der Waals surface area (Å²) in [5.41, 5.74) is -6.10. The Kier molecular flexibility index (Phi) is 7.96. The van der Waals surface area contributed by atoms with Gasteiger partial charge in [-0.1, -0.05) is 26.0 Å². The summed E-state index contributed by atoms with van der Waals surface area (Å²) in [4.78, 5) is 25.5. The van der Waals surface area contributed by atoms with Gasteiger partial charge >= 0.3 is 5.97 Å². The molecule has 0 bridgehead atoms. The summed E-state index contributed by atoms with van der Waals surface area (Å²) in [7, 11) is 0. The number of para-hydroxylation sites is 1. The molecule has 0 aliphatic heterocycles. The maximum Gasteiger partial charge on any atom is 0.339 e. The van der Waals surface area contributed by atoms with E-state index in [0.717, 1.165) is 0 Å². The number of carbonyl (C=O) groups is 2. The van der Waals surface area contributed by atoms with Gasteiger partial charge in [0, 0.05) is 23.7 Å². The van der Waals surface area contributed by atoms with Crippen molar-refractivity contribution in [1.29, 1.82) is 0 Å². The van der Waals surface area contributed by atoms with Crippen LogP contribution < -0.4 is 4.74 Å². The van der Waals surface area contributed by atoms with Crippen molar-refractivity contribution in [3.8, 4) is 5.75 Å². The number of carboxylic acids is 1. The van der Waals surface area contributed by atoms with E-state index < -0.39 is 63.4 Å². The number of ether oxygens (including phenoxy) is 1. The molecule has 44 heavy (non-hydrogen) atoms. The first-order valence-corrected chi connectivity index (χ1v) is 15.7. The largest absolute Gasteiger partial charge is 0.478 e. The summed E-state index contributed by atoms with van der Waals surface area (Å²) in [5, 5.41) is 78.6. The molecular formula is C34H48O10. The number of fused-ring (bicyclic) bond motifs is 5. The second-order valence-electron chi connectivity index (χ2n) is 15.2. The maximum absolute atomic E-state index is 13.5. The van der Waals surface area contributed by atoms with E-state index in [4.69, 9.17) is 4.74 Å². The second kappa shape index (κ2) is 10.6. The first-order valence-electron chi connectivity index (χ1n) is 15.7. The molecular weight excluding hydrogens is 568 g/mol. The fourth-order valence-electron chi connectivity index (χ4n) is 9.34. The molecule has 1 aromatic rings. The van der Waals surface area contributed by atoms with E-state index in [1.807, 2.05) is 13.8 Å². The number of benzene rings is 1. The maximum atomic E-state index is 13.5. The van der Waals surface area contributed by atoms with Crippen LogP contribution in [0.1, 0.15) is 96.3 Å². The molecule has 0 amide bonds. The van der Waals surface area contributed by atoms with Crippen molar-refractivity contribution in [2.45, 2.75) is 121 Å². The fraction of sp³-hybridized carbons (Fsp3) is 0.706. The number of hydrogen-bond acceptors (Lipinski definition) is 9. The smallest absolute Gasteiger partial charge is 0.339 e. The SMILES string of the molecule is CC(C)(O)CC[C@](O)(Oc1ccccc1C(=O)O)[C@](C)(O)[C@H]1CC[C@@]2(O)C3=CC(=O)[C@H]4C[C@@H](O)[C@@H](O)C[C@]4(C)[C@H]3CC[C@]12C. The lowest BCUT2D eigenvalue weighted by atomic mass is 9.45. The van der Waals surface area contributed by atoms with Crippen LogP contribution in [0.5, 0.6) is 5.75 Å². The van der Waals surface area contributed by atoms with Gasteiger partial charge in [0.25, 0.3) is 0 Å². The molecule has 0 heterocycles. The summed E-state index contributed by atoms with van der Waals surface area (Å²) in [6.45, 7) is 8.37. The van der Waals surface area contributed by atoms with Crippen molar-refractivity contribution in [2.24, 2.45) is 28.6 Å². The zero-order valence-electron chi connectivity index (χ0n) is 26.3. The van der Waals surface area contributed by atoms with Crippen LogP contribution in [0.4, 0.5) is 0 Å². The molecule has 3 fully saturated rings. The molecule has 0 radical (unpaired) electrons. The molecule has 0 spiro atoms. The Morgan fingerprint density at radius 2 is 1.64 bits per heavy atom. The zero-order chi connectivity index (χ0) is 32.7. The number of carbonyl (C=O) groups excluding carboxylic acids is 1. The van der Waals surface area contributed by atoms with Crippen LogP contribution in [0.2, 0.25) is 0 Å². The van der Waals surface area contributed by atoms with Gasteiger partial charge in [0.2, 0.25) is 5.79 Å². The van der Waals surface area contributed by atoms with Gasteiger partial charge in [0.05, 0.1) is 23.4 Å².